The van der Waals surface area contributed by atoms with Crippen LogP contribution in [0.15, 0.2) is 17.0 Å². The molecule has 0 bridgehead atoms. The molecule has 0 aliphatic carbocycles. The van der Waals surface area contributed by atoms with Crippen LogP contribution >= 0.6 is 38.8 Å². The molecule has 1 rings (SSSR count). The summed E-state index contributed by atoms with van der Waals surface area (Å²) in [6.07, 6.45) is -0.975. The number of carbonyl (C=O) groups excluding carboxylic acids is 3. The topological polar surface area (TPSA) is 292 Å². The van der Waals surface area contributed by atoms with Crippen molar-refractivity contribution in [3.05, 3.63) is 17.7 Å². The first-order valence-corrected chi connectivity index (χ1v) is 12.4. The lowest BCUT2D eigenvalue weighted by Crippen LogP contribution is -2.49. The van der Waals surface area contributed by atoms with Gasteiger partial charge in [-0.15, -0.1) is 11.8 Å². The fourth-order valence-electron chi connectivity index (χ4n) is 3.03. The van der Waals surface area contributed by atoms with Crippen molar-refractivity contribution in [2.24, 2.45) is 11.5 Å². The number of phenols is 2. The van der Waals surface area contributed by atoms with Gasteiger partial charge in [0.25, 0.3) is 0 Å². The lowest BCUT2D eigenvalue weighted by Gasteiger charge is -2.19. The fourth-order valence-corrected chi connectivity index (χ4v) is 4.09. The van der Waals surface area contributed by atoms with Crippen LogP contribution in [-0.4, -0.2) is 98.1 Å². The zero-order valence-corrected chi connectivity index (χ0v) is 24.4. The maximum atomic E-state index is 12.5. The molecular formula is C23H39N5O11S3. The van der Waals surface area contributed by atoms with Crippen LogP contribution in [0.5, 0.6) is 11.5 Å². The normalized spacial score (nSPS) is 12.0. The maximum Gasteiger partial charge on any atom is 0.326 e. The van der Waals surface area contributed by atoms with E-state index in [1.54, 1.807) is 0 Å². The van der Waals surface area contributed by atoms with Gasteiger partial charge in [0, 0.05) is 31.6 Å². The van der Waals surface area contributed by atoms with Crippen molar-refractivity contribution in [1.29, 1.82) is 0 Å². The number of carboxylic acids is 3. The number of benzene rings is 1. The molecular weight excluding hydrogens is 618 g/mol. The smallest absolute Gasteiger partial charge is 0.326 e. The molecule has 0 spiro atoms. The van der Waals surface area contributed by atoms with Crippen LogP contribution < -0.4 is 27.4 Å². The minimum absolute atomic E-state index is 0. The second-order valence-corrected chi connectivity index (χ2v) is 9.25. The number of rotatable bonds is 17. The minimum atomic E-state index is -1.38. The molecule has 0 saturated heterocycles. The lowest BCUT2D eigenvalue weighted by atomic mass is 10.0. The average Bonchev–Trinajstić information content (AvgIpc) is 2.85. The number of amides is 3. The summed E-state index contributed by atoms with van der Waals surface area (Å²) in [4.78, 5) is 69.8. The molecule has 0 fully saturated rings. The number of carboxylic acid groups (broad SMARTS) is 3. The van der Waals surface area contributed by atoms with Crippen molar-refractivity contribution in [2.45, 2.75) is 56.1 Å². The first-order valence-electron chi connectivity index (χ1n) is 11.4. The standard InChI is InChI=1S/C22H31N5O11S.CH4.2H2S/c23-4-3-17(30)26-12(22(37)38)5-10-6-14(28)19(33)15(7-10)39-9-13(20(34)25-8-18(31)32)27-16(29)2-1-11(24)21(35)36;;;/h6-7,11-13,28,33H,1-5,8-9,23-24H2,(H,25,34)(H,26,30)(H,27,29)(H,31,32)(H,35,36)(H,37,38);1H4;2*1H2/t11-,12-,13-;;;/m0.../s1. The van der Waals surface area contributed by atoms with Gasteiger partial charge < -0.3 is 53.0 Å². The van der Waals surface area contributed by atoms with E-state index in [0.29, 0.717) is 0 Å². The molecule has 0 heterocycles. The molecule has 240 valence electrons. The summed E-state index contributed by atoms with van der Waals surface area (Å²) in [6.45, 7) is -0.753. The van der Waals surface area contributed by atoms with E-state index >= 15 is 0 Å². The average molecular weight is 658 g/mol. The van der Waals surface area contributed by atoms with Crippen molar-refractivity contribution in [3.63, 3.8) is 0 Å². The number of aromatic hydroxyl groups is 2. The number of nitrogens with two attached hydrogens (primary N) is 2. The zero-order valence-electron chi connectivity index (χ0n) is 21.6. The molecule has 0 aliphatic heterocycles. The van der Waals surface area contributed by atoms with E-state index in [4.69, 9.17) is 21.7 Å². The predicted octanol–water partition coefficient (Wildman–Crippen LogP) is -1.61. The third-order valence-corrected chi connectivity index (χ3v) is 6.15. The molecule has 0 aromatic heterocycles. The van der Waals surface area contributed by atoms with E-state index in [9.17, 15) is 44.1 Å². The van der Waals surface area contributed by atoms with Crippen molar-refractivity contribution >= 4 is 74.4 Å². The van der Waals surface area contributed by atoms with Crippen LogP contribution in [0.25, 0.3) is 0 Å². The molecule has 0 radical (unpaired) electrons. The number of thioether (sulfide) groups is 1. The molecule has 42 heavy (non-hydrogen) atoms. The number of carbonyl (C=O) groups is 6. The minimum Gasteiger partial charge on any atom is -0.504 e. The molecule has 1 aromatic carbocycles. The van der Waals surface area contributed by atoms with E-state index in [0.717, 1.165) is 17.8 Å². The first-order chi connectivity index (χ1) is 18.2. The van der Waals surface area contributed by atoms with E-state index < -0.39 is 71.8 Å². The molecule has 0 aliphatic rings. The van der Waals surface area contributed by atoms with Gasteiger partial charge in [-0.1, -0.05) is 7.43 Å². The van der Waals surface area contributed by atoms with Crippen LogP contribution in [-0.2, 0) is 35.2 Å². The van der Waals surface area contributed by atoms with Crippen LogP contribution in [0.3, 0.4) is 0 Å². The van der Waals surface area contributed by atoms with Crippen molar-refractivity contribution in [1.82, 2.24) is 16.0 Å². The van der Waals surface area contributed by atoms with Gasteiger partial charge in [0.05, 0.1) is 4.90 Å². The Kier molecular flexibility index (Phi) is 21.9. The maximum absolute atomic E-state index is 12.5. The molecule has 16 nitrogen and oxygen atoms in total. The van der Waals surface area contributed by atoms with Crippen LogP contribution in [0.1, 0.15) is 32.3 Å². The quantitative estimate of drug-likeness (QED) is 0.0666. The Hall–Kier alpha value is -3.39. The summed E-state index contributed by atoms with van der Waals surface area (Å²) in [5, 5.41) is 54.2. The Balaban J connectivity index is -0.00000507. The van der Waals surface area contributed by atoms with Crippen molar-refractivity contribution < 1.29 is 54.3 Å². The zero-order chi connectivity index (χ0) is 29.7. The molecule has 12 N–H and O–H groups in total. The van der Waals surface area contributed by atoms with E-state index in [1.165, 1.54) is 6.07 Å². The number of phenolic OH excluding ortho intramolecular Hbond substituents is 2. The van der Waals surface area contributed by atoms with Crippen molar-refractivity contribution in [3.8, 4) is 11.5 Å². The SMILES string of the molecule is C.NCCC(=O)N[C@@H](Cc1cc(O)c(O)c(SC[C@H](NC(=O)CC[C@H](N)C(=O)O)C(=O)NCC(=O)O)c1)C(=O)O.S.S. The Labute approximate surface area is 259 Å². The predicted molar refractivity (Wildman–Crippen MR) is 162 cm³/mol. The number of hydrogen-bond donors (Lipinski definition) is 10. The number of aliphatic carboxylic acids is 3. The van der Waals surface area contributed by atoms with Gasteiger partial charge in [-0.2, -0.15) is 27.0 Å². The van der Waals surface area contributed by atoms with Gasteiger partial charge in [-0.05, 0) is 24.1 Å². The summed E-state index contributed by atoms with van der Waals surface area (Å²) in [6, 6.07) is -1.64. The van der Waals surface area contributed by atoms with Gasteiger partial charge in [-0.25, -0.2) is 4.79 Å². The van der Waals surface area contributed by atoms with E-state index in [2.05, 4.69) is 16.0 Å². The fraction of sp³-hybridized carbons (Fsp3) is 0.478. The largest absolute Gasteiger partial charge is 0.504 e. The monoisotopic (exact) mass is 657 g/mol. The number of hydrogen-bond acceptors (Lipinski definition) is 11. The number of nitrogens with one attached hydrogen (secondary N) is 3. The van der Waals surface area contributed by atoms with Crippen LogP contribution in [0.2, 0.25) is 0 Å². The highest BCUT2D eigenvalue weighted by Gasteiger charge is 2.25. The van der Waals surface area contributed by atoms with Gasteiger partial charge >= 0.3 is 17.9 Å². The molecule has 0 unspecified atom stereocenters. The van der Waals surface area contributed by atoms with Crippen molar-refractivity contribution in [2.75, 3.05) is 18.8 Å². The van der Waals surface area contributed by atoms with Gasteiger partial charge in [-0.3, -0.25) is 24.0 Å². The highest BCUT2D eigenvalue weighted by Crippen LogP contribution is 2.37. The summed E-state index contributed by atoms with van der Waals surface area (Å²) >= 11 is 0.772. The molecule has 3 amide bonds. The highest BCUT2D eigenvalue weighted by molar-refractivity contribution is 7.99. The van der Waals surface area contributed by atoms with Gasteiger partial charge in [0.15, 0.2) is 11.5 Å². The van der Waals surface area contributed by atoms with Crippen LogP contribution in [0, 0.1) is 0 Å². The Morgan fingerprint density at radius 2 is 1.45 bits per heavy atom. The van der Waals surface area contributed by atoms with Crippen LogP contribution in [0.4, 0.5) is 0 Å². The third-order valence-electron chi connectivity index (χ3n) is 5.03. The summed E-state index contributed by atoms with van der Waals surface area (Å²) in [5.74, 6) is -7.79. The summed E-state index contributed by atoms with van der Waals surface area (Å²) in [5.41, 5.74) is 10.9. The Morgan fingerprint density at radius 1 is 0.881 bits per heavy atom. The van der Waals surface area contributed by atoms with Gasteiger partial charge in [0.2, 0.25) is 17.7 Å². The third kappa shape index (κ3) is 15.6. The molecule has 0 saturated carbocycles. The summed E-state index contributed by atoms with van der Waals surface area (Å²) < 4.78 is 0. The first kappa shape index (κ1) is 43.1. The summed E-state index contributed by atoms with van der Waals surface area (Å²) in [7, 11) is 0. The Bertz CT molecular complexity index is 1090. The van der Waals surface area contributed by atoms with Gasteiger partial charge in [0.1, 0.15) is 24.7 Å². The second-order valence-electron chi connectivity index (χ2n) is 8.19. The highest BCUT2D eigenvalue weighted by atomic mass is 32.2. The second kappa shape index (κ2) is 21.3. The lowest BCUT2D eigenvalue weighted by molar-refractivity contribution is -0.141. The van der Waals surface area contributed by atoms with E-state index in [-0.39, 0.29) is 82.9 Å². The molecule has 3 atom stereocenters. The molecule has 1 aromatic rings. The Morgan fingerprint density at radius 3 is 1.98 bits per heavy atom. The van der Waals surface area contributed by atoms with E-state index in [1.807, 2.05) is 0 Å². The molecule has 19 heteroatoms.